The van der Waals surface area contributed by atoms with E-state index in [1.165, 1.54) is 0 Å². The van der Waals surface area contributed by atoms with Crippen molar-refractivity contribution in [2.24, 2.45) is 0 Å². The zero-order valence-electron chi connectivity index (χ0n) is 9.99. The van der Waals surface area contributed by atoms with Crippen LogP contribution >= 0.6 is 0 Å². The van der Waals surface area contributed by atoms with E-state index in [4.69, 9.17) is 4.74 Å². The molecule has 0 amide bonds. The average molecular weight is 222 g/mol. The molecule has 16 heavy (non-hydrogen) atoms. The lowest BCUT2D eigenvalue weighted by molar-refractivity contribution is -0.145. The van der Waals surface area contributed by atoms with Crippen LogP contribution in [0.25, 0.3) is 0 Å². The highest BCUT2D eigenvalue weighted by Gasteiger charge is 2.22. The van der Waals surface area contributed by atoms with Crippen LogP contribution in [0.1, 0.15) is 29.5 Å². The number of aryl methyl sites for hydroxylation is 2. The molecule has 0 saturated carbocycles. The Hall–Kier alpha value is -1.35. The van der Waals surface area contributed by atoms with Crippen molar-refractivity contribution >= 4 is 5.97 Å². The number of ether oxygens (including phenoxy) is 1. The smallest absolute Gasteiger partial charge is 0.315 e. The first kappa shape index (κ1) is 12.7. The van der Waals surface area contributed by atoms with Crippen molar-refractivity contribution in [3.63, 3.8) is 0 Å². The second-order valence-electron chi connectivity index (χ2n) is 3.85. The number of benzene rings is 1. The lowest BCUT2D eigenvalue weighted by atomic mass is 9.94. The highest BCUT2D eigenvalue weighted by molar-refractivity contribution is 5.78. The van der Waals surface area contributed by atoms with Crippen LogP contribution in [0, 0.1) is 13.8 Å². The SMILES string of the molecule is CCOC(=O)[C@@H](CO)c1cc(C)ccc1C. The van der Waals surface area contributed by atoms with Gasteiger partial charge < -0.3 is 9.84 Å². The number of esters is 1. The second kappa shape index (κ2) is 5.66. The summed E-state index contributed by atoms with van der Waals surface area (Å²) in [6.45, 7) is 5.76. The van der Waals surface area contributed by atoms with E-state index in [-0.39, 0.29) is 12.6 Å². The molecule has 0 spiro atoms. The molecule has 0 bridgehead atoms. The van der Waals surface area contributed by atoms with E-state index in [0.717, 1.165) is 16.7 Å². The molecule has 1 rings (SSSR count). The van der Waals surface area contributed by atoms with Gasteiger partial charge in [0.2, 0.25) is 0 Å². The van der Waals surface area contributed by atoms with Crippen molar-refractivity contribution in [2.45, 2.75) is 26.7 Å². The maximum Gasteiger partial charge on any atom is 0.315 e. The molecule has 0 aromatic heterocycles. The minimum atomic E-state index is -0.570. The van der Waals surface area contributed by atoms with Gasteiger partial charge in [0, 0.05) is 0 Å². The number of hydrogen-bond acceptors (Lipinski definition) is 3. The van der Waals surface area contributed by atoms with Gasteiger partial charge in [-0.2, -0.15) is 0 Å². The molecule has 3 heteroatoms. The van der Waals surface area contributed by atoms with Crippen LogP contribution in [0.15, 0.2) is 18.2 Å². The first-order valence-corrected chi connectivity index (χ1v) is 5.44. The van der Waals surface area contributed by atoms with Gasteiger partial charge in [-0.15, -0.1) is 0 Å². The van der Waals surface area contributed by atoms with Crippen molar-refractivity contribution in [3.8, 4) is 0 Å². The third kappa shape index (κ3) is 2.83. The Kier molecular flexibility index (Phi) is 4.50. The Morgan fingerprint density at radius 1 is 1.44 bits per heavy atom. The van der Waals surface area contributed by atoms with Crippen LogP contribution in [-0.4, -0.2) is 24.3 Å². The third-order valence-corrected chi connectivity index (χ3v) is 2.56. The summed E-state index contributed by atoms with van der Waals surface area (Å²) >= 11 is 0. The molecular weight excluding hydrogens is 204 g/mol. The van der Waals surface area contributed by atoms with Gasteiger partial charge in [0.25, 0.3) is 0 Å². The largest absolute Gasteiger partial charge is 0.465 e. The van der Waals surface area contributed by atoms with Crippen molar-refractivity contribution in [1.29, 1.82) is 0 Å². The first-order chi connectivity index (χ1) is 7.60. The van der Waals surface area contributed by atoms with E-state index in [2.05, 4.69) is 0 Å². The Morgan fingerprint density at radius 2 is 2.12 bits per heavy atom. The predicted octanol–water partition coefficient (Wildman–Crippen LogP) is 1.94. The van der Waals surface area contributed by atoms with Crippen LogP contribution in [0.4, 0.5) is 0 Å². The summed E-state index contributed by atoms with van der Waals surface area (Å²) in [4.78, 5) is 11.7. The molecule has 0 aliphatic rings. The van der Waals surface area contributed by atoms with Gasteiger partial charge in [-0.25, -0.2) is 0 Å². The quantitative estimate of drug-likeness (QED) is 0.792. The number of aliphatic hydroxyl groups excluding tert-OH is 1. The number of aliphatic hydroxyl groups is 1. The van der Waals surface area contributed by atoms with Gasteiger partial charge in [-0.3, -0.25) is 4.79 Å². The first-order valence-electron chi connectivity index (χ1n) is 5.44. The molecule has 3 nitrogen and oxygen atoms in total. The van der Waals surface area contributed by atoms with Gasteiger partial charge in [-0.1, -0.05) is 23.8 Å². The topological polar surface area (TPSA) is 46.5 Å². The van der Waals surface area contributed by atoms with Gasteiger partial charge in [0.15, 0.2) is 0 Å². The Balaban J connectivity index is 3.03. The molecule has 0 saturated heterocycles. The van der Waals surface area contributed by atoms with Crippen LogP contribution in [0.5, 0.6) is 0 Å². The van der Waals surface area contributed by atoms with Crippen LogP contribution in [0.2, 0.25) is 0 Å². The van der Waals surface area contributed by atoms with Gasteiger partial charge >= 0.3 is 5.97 Å². The zero-order chi connectivity index (χ0) is 12.1. The maximum atomic E-state index is 11.7. The molecular formula is C13H18O3. The highest BCUT2D eigenvalue weighted by atomic mass is 16.5. The lowest BCUT2D eigenvalue weighted by Gasteiger charge is -2.16. The summed E-state index contributed by atoms with van der Waals surface area (Å²) in [7, 11) is 0. The van der Waals surface area contributed by atoms with E-state index in [1.54, 1.807) is 6.92 Å². The van der Waals surface area contributed by atoms with Crippen molar-refractivity contribution in [1.82, 2.24) is 0 Å². The Labute approximate surface area is 96.1 Å². The predicted molar refractivity (Wildman–Crippen MR) is 62.4 cm³/mol. The molecule has 0 aliphatic heterocycles. The molecule has 1 atom stereocenters. The molecule has 1 aromatic carbocycles. The molecule has 0 unspecified atom stereocenters. The van der Waals surface area contributed by atoms with E-state index in [0.29, 0.717) is 6.61 Å². The summed E-state index contributed by atoms with van der Waals surface area (Å²) in [5, 5.41) is 9.29. The monoisotopic (exact) mass is 222 g/mol. The van der Waals surface area contributed by atoms with Crippen LogP contribution < -0.4 is 0 Å². The van der Waals surface area contributed by atoms with Crippen LogP contribution in [-0.2, 0) is 9.53 Å². The molecule has 0 fully saturated rings. The highest BCUT2D eigenvalue weighted by Crippen LogP contribution is 2.22. The fourth-order valence-electron chi connectivity index (χ4n) is 1.68. The number of rotatable bonds is 4. The second-order valence-corrected chi connectivity index (χ2v) is 3.85. The molecule has 1 N–H and O–H groups in total. The molecule has 0 aliphatic carbocycles. The van der Waals surface area contributed by atoms with Gasteiger partial charge in [0.1, 0.15) is 5.92 Å². The Bertz CT molecular complexity index is 371. The fourth-order valence-corrected chi connectivity index (χ4v) is 1.68. The molecule has 88 valence electrons. The van der Waals surface area contributed by atoms with Crippen molar-refractivity contribution < 1.29 is 14.6 Å². The number of carbonyl (C=O) groups is 1. The minimum absolute atomic E-state index is 0.219. The van der Waals surface area contributed by atoms with E-state index >= 15 is 0 Å². The summed E-state index contributed by atoms with van der Waals surface area (Å²) in [6, 6.07) is 5.86. The van der Waals surface area contributed by atoms with Gasteiger partial charge in [-0.05, 0) is 31.9 Å². The molecule has 1 aromatic rings. The summed E-state index contributed by atoms with van der Waals surface area (Å²) in [5.74, 6) is -0.932. The standard InChI is InChI=1S/C13H18O3/c1-4-16-13(15)12(8-14)11-7-9(2)5-6-10(11)3/h5-7,12,14H,4,8H2,1-3H3/t12-/m0/s1. The van der Waals surface area contributed by atoms with Crippen LogP contribution in [0.3, 0.4) is 0 Å². The summed E-state index contributed by atoms with van der Waals surface area (Å²) < 4.78 is 4.95. The maximum absolute atomic E-state index is 11.7. The molecule has 0 radical (unpaired) electrons. The third-order valence-electron chi connectivity index (χ3n) is 2.56. The summed E-state index contributed by atoms with van der Waals surface area (Å²) in [5.41, 5.74) is 2.92. The Morgan fingerprint density at radius 3 is 2.69 bits per heavy atom. The minimum Gasteiger partial charge on any atom is -0.465 e. The molecule has 0 heterocycles. The normalized spacial score (nSPS) is 12.2. The number of carbonyl (C=O) groups excluding carboxylic acids is 1. The zero-order valence-corrected chi connectivity index (χ0v) is 9.99. The van der Waals surface area contributed by atoms with Crippen molar-refractivity contribution in [3.05, 3.63) is 34.9 Å². The summed E-state index contributed by atoms with van der Waals surface area (Å²) in [6.07, 6.45) is 0. The van der Waals surface area contributed by atoms with E-state index < -0.39 is 5.92 Å². The van der Waals surface area contributed by atoms with Crippen molar-refractivity contribution in [2.75, 3.05) is 13.2 Å². The average Bonchev–Trinajstić information content (AvgIpc) is 2.24. The van der Waals surface area contributed by atoms with Gasteiger partial charge in [0.05, 0.1) is 13.2 Å². The fraction of sp³-hybridized carbons (Fsp3) is 0.462. The number of hydrogen-bond donors (Lipinski definition) is 1. The van der Waals surface area contributed by atoms with E-state index in [1.807, 2.05) is 32.0 Å². The lowest BCUT2D eigenvalue weighted by Crippen LogP contribution is -2.20. The van der Waals surface area contributed by atoms with E-state index in [9.17, 15) is 9.90 Å².